The molecule has 0 N–H and O–H groups in total. The molecule has 2 fully saturated rings. The molecule has 2 atom stereocenters. The highest BCUT2D eigenvalue weighted by atomic mass is 32.2. The molecule has 1 aromatic heterocycles. The first kappa shape index (κ1) is 14.2. The lowest BCUT2D eigenvalue weighted by atomic mass is 9.89. The minimum absolute atomic E-state index is 0.0194. The molecule has 0 aromatic carbocycles. The third-order valence-corrected chi connectivity index (χ3v) is 5.56. The van der Waals surface area contributed by atoms with E-state index in [1.807, 2.05) is 0 Å². The molecule has 2 unspecified atom stereocenters. The molecule has 0 amide bonds. The quantitative estimate of drug-likeness (QED) is 0.563. The van der Waals surface area contributed by atoms with Gasteiger partial charge in [0.1, 0.15) is 17.2 Å². The van der Waals surface area contributed by atoms with Crippen LogP contribution in [0, 0.1) is 18.8 Å². The van der Waals surface area contributed by atoms with E-state index in [0.29, 0.717) is 17.9 Å². The molecular weight excluding hydrogens is 300 g/mol. The first-order chi connectivity index (χ1) is 9.87. The van der Waals surface area contributed by atoms with E-state index < -0.39 is 33.8 Å². The number of hydrogen-bond acceptors (Lipinski definition) is 7. The SMILES string of the molecule is Cc1cc(CS(=O)(=O)N2CCC3C(=O)OC(=O)C3C2)no1. The number of sulfonamides is 1. The van der Waals surface area contributed by atoms with Gasteiger partial charge in [-0.1, -0.05) is 5.16 Å². The van der Waals surface area contributed by atoms with Crippen molar-refractivity contribution in [3.63, 3.8) is 0 Å². The number of carbonyl (C=O) groups is 2. The molecule has 114 valence electrons. The van der Waals surface area contributed by atoms with Crippen LogP contribution in [0.15, 0.2) is 10.6 Å². The van der Waals surface area contributed by atoms with E-state index in [1.54, 1.807) is 13.0 Å². The molecule has 2 aliphatic heterocycles. The molecule has 0 aliphatic carbocycles. The van der Waals surface area contributed by atoms with E-state index in [2.05, 4.69) is 9.89 Å². The van der Waals surface area contributed by atoms with Gasteiger partial charge in [0.05, 0.1) is 11.8 Å². The van der Waals surface area contributed by atoms with Gasteiger partial charge in [-0.2, -0.15) is 0 Å². The van der Waals surface area contributed by atoms with Gasteiger partial charge in [0, 0.05) is 19.2 Å². The Morgan fingerprint density at radius 2 is 2.05 bits per heavy atom. The van der Waals surface area contributed by atoms with Crippen molar-refractivity contribution in [2.75, 3.05) is 13.1 Å². The minimum atomic E-state index is -3.61. The third-order valence-electron chi connectivity index (χ3n) is 3.78. The molecular formula is C12H14N2O6S. The van der Waals surface area contributed by atoms with Crippen molar-refractivity contribution >= 4 is 22.0 Å². The standard InChI is InChI=1S/C12H14N2O6S/c1-7-4-8(13-20-7)6-21(17,18)14-3-2-9-10(5-14)12(16)19-11(9)15/h4,9-10H,2-3,5-6H2,1H3. The second-order valence-corrected chi connectivity index (χ2v) is 7.25. The van der Waals surface area contributed by atoms with Crippen molar-refractivity contribution in [2.24, 2.45) is 11.8 Å². The van der Waals surface area contributed by atoms with E-state index in [4.69, 9.17) is 4.52 Å². The van der Waals surface area contributed by atoms with Gasteiger partial charge >= 0.3 is 11.9 Å². The maximum Gasteiger partial charge on any atom is 0.318 e. The number of esters is 2. The molecule has 0 saturated carbocycles. The predicted molar refractivity (Wildman–Crippen MR) is 68.1 cm³/mol. The average molecular weight is 314 g/mol. The summed E-state index contributed by atoms with van der Waals surface area (Å²) < 4.78 is 35.3. The first-order valence-electron chi connectivity index (χ1n) is 6.52. The Morgan fingerprint density at radius 1 is 1.33 bits per heavy atom. The molecule has 3 heterocycles. The average Bonchev–Trinajstić information content (AvgIpc) is 2.93. The van der Waals surface area contributed by atoms with Gasteiger partial charge in [-0.25, -0.2) is 12.7 Å². The topological polar surface area (TPSA) is 107 Å². The van der Waals surface area contributed by atoms with Gasteiger partial charge in [-0.3, -0.25) is 9.59 Å². The molecule has 9 heteroatoms. The van der Waals surface area contributed by atoms with Gasteiger partial charge in [0.2, 0.25) is 10.0 Å². The number of nitrogens with zero attached hydrogens (tertiary/aromatic N) is 2. The molecule has 2 aliphatic rings. The van der Waals surface area contributed by atoms with Crippen LogP contribution >= 0.6 is 0 Å². The summed E-state index contributed by atoms with van der Waals surface area (Å²) in [6.07, 6.45) is 0.298. The Kier molecular flexibility index (Phi) is 3.33. The van der Waals surface area contributed by atoms with Crippen molar-refractivity contribution in [1.29, 1.82) is 0 Å². The highest BCUT2D eigenvalue weighted by molar-refractivity contribution is 7.88. The molecule has 0 bridgehead atoms. The summed E-state index contributed by atoms with van der Waals surface area (Å²) in [5, 5.41) is 3.66. The van der Waals surface area contributed by atoms with Gasteiger partial charge in [-0.05, 0) is 13.3 Å². The molecule has 8 nitrogen and oxygen atoms in total. The van der Waals surface area contributed by atoms with Gasteiger partial charge in [-0.15, -0.1) is 0 Å². The number of aryl methyl sites for hydroxylation is 1. The monoisotopic (exact) mass is 314 g/mol. The highest BCUT2D eigenvalue weighted by Crippen LogP contribution is 2.33. The number of carbonyl (C=O) groups excluding carboxylic acids is 2. The van der Waals surface area contributed by atoms with Crippen LogP contribution in [-0.4, -0.2) is 42.9 Å². The fourth-order valence-corrected chi connectivity index (χ4v) is 4.17. The van der Waals surface area contributed by atoms with Crippen molar-refractivity contribution in [3.8, 4) is 0 Å². The van der Waals surface area contributed by atoms with Crippen molar-refractivity contribution in [3.05, 3.63) is 17.5 Å². The zero-order chi connectivity index (χ0) is 15.2. The summed E-state index contributed by atoms with van der Waals surface area (Å²) in [6.45, 7) is 1.85. The lowest BCUT2D eigenvalue weighted by molar-refractivity contribution is -0.153. The Bertz CT molecular complexity index is 694. The number of aromatic nitrogens is 1. The van der Waals surface area contributed by atoms with Crippen LogP contribution in [0.5, 0.6) is 0 Å². The van der Waals surface area contributed by atoms with Crippen molar-refractivity contribution in [2.45, 2.75) is 19.1 Å². The highest BCUT2D eigenvalue weighted by Gasteiger charge is 2.49. The number of ether oxygens (including phenoxy) is 1. The van der Waals surface area contributed by atoms with Crippen molar-refractivity contribution in [1.82, 2.24) is 9.46 Å². The number of rotatable bonds is 3. The molecule has 0 spiro atoms. The summed E-state index contributed by atoms with van der Waals surface area (Å²) in [4.78, 5) is 23.0. The normalized spacial score (nSPS) is 26.7. The van der Waals surface area contributed by atoms with Crippen LogP contribution < -0.4 is 0 Å². The summed E-state index contributed by atoms with van der Waals surface area (Å²) in [5.74, 6) is -2.15. The van der Waals surface area contributed by atoms with E-state index in [1.165, 1.54) is 4.31 Å². The van der Waals surface area contributed by atoms with Crippen LogP contribution in [0.25, 0.3) is 0 Å². The second-order valence-electron chi connectivity index (χ2n) is 5.28. The minimum Gasteiger partial charge on any atom is -0.393 e. The molecule has 1 aromatic rings. The largest absolute Gasteiger partial charge is 0.393 e. The van der Waals surface area contributed by atoms with Crippen LogP contribution in [0.4, 0.5) is 0 Å². The van der Waals surface area contributed by atoms with E-state index >= 15 is 0 Å². The lowest BCUT2D eigenvalue weighted by Crippen LogP contribution is -2.45. The maximum absolute atomic E-state index is 12.3. The van der Waals surface area contributed by atoms with E-state index in [9.17, 15) is 18.0 Å². The number of hydrogen-bond donors (Lipinski definition) is 0. The zero-order valence-corrected chi connectivity index (χ0v) is 12.1. The Labute approximate surface area is 121 Å². The summed E-state index contributed by atoms with van der Waals surface area (Å²) >= 11 is 0. The molecule has 3 rings (SSSR count). The fourth-order valence-electron chi connectivity index (χ4n) is 2.71. The molecule has 21 heavy (non-hydrogen) atoms. The van der Waals surface area contributed by atoms with Crippen LogP contribution in [0.2, 0.25) is 0 Å². The molecule has 0 radical (unpaired) electrons. The number of cyclic esters (lactones) is 2. The fraction of sp³-hybridized carbons (Fsp3) is 0.583. The second kappa shape index (κ2) is 4.92. The third kappa shape index (κ3) is 2.58. The van der Waals surface area contributed by atoms with Gasteiger partial charge in [0.15, 0.2) is 0 Å². The van der Waals surface area contributed by atoms with Gasteiger partial charge in [0.25, 0.3) is 0 Å². The smallest absolute Gasteiger partial charge is 0.318 e. The van der Waals surface area contributed by atoms with Crippen LogP contribution in [0.3, 0.4) is 0 Å². The summed E-state index contributed by atoms with van der Waals surface area (Å²) in [7, 11) is -3.61. The number of fused-ring (bicyclic) bond motifs is 1. The number of piperidine rings is 1. The van der Waals surface area contributed by atoms with Gasteiger partial charge < -0.3 is 9.26 Å². The van der Waals surface area contributed by atoms with Crippen LogP contribution in [-0.2, 0) is 30.1 Å². The summed E-state index contributed by atoms with van der Waals surface area (Å²) in [6, 6.07) is 1.55. The first-order valence-corrected chi connectivity index (χ1v) is 8.13. The van der Waals surface area contributed by atoms with Crippen LogP contribution in [0.1, 0.15) is 17.9 Å². The predicted octanol–water partition coefficient (Wildman–Crippen LogP) is -0.166. The Morgan fingerprint density at radius 3 is 2.71 bits per heavy atom. The van der Waals surface area contributed by atoms with Crippen molar-refractivity contribution < 1.29 is 27.3 Å². The zero-order valence-electron chi connectivity index (χ0n) is 11.3. The van der Waals surface area contributed by atoms with E-state index in [-0.39, 0.29) is 18.8 Å². The molecule has 2 saturated heterocycles. The lowest BCUT2D eigenvalue weighted by Gasteiger charge is -2.30. The maximum atomic E-state index is 12.3. The van der Waals surface area contributed by atoms with E-state index in [0.717, 1.165) is 0 Å². The Hall–Kier alpha value is -1.74. The Balaban J connectivity index is 1.75. The summed E-state index contributed by atoms with van der Waals surface area (Å²) in [5.41, 5.74) is 0.319.